The van der Waals surface area contributed by atoms with Crippen molar-refractivity contribution in [3.63, 3.8) is 0 Å². The summed E-state index contributed by atoms with van der Waals surface area (Å²) in [4.78, 5) is 10.4. The average Bonchev–Trinajstić information content (AvgIpc) is 2.44. The number of ether oxygens (including phenoxy) is 1. The predicted molar refractivity (Wildman–Crippen MR) is 78.3 cm³/mol. The van der Waals surface area contributed by atoms with Crippen molar-refractivity contribution in [2.24, 2.45) is 0 Å². The van der Waals surface area contributed by atoms with Crippen LogP contribution in [-0.4, -0.2) is 11.3 Å². The largest absolute Gasteiger partial charge is 0.573 e. The molecule has 0 unspecified atom stereocenters. The molecular weight excluding hydrogens is 313 g/mol. The van der Waals surface area contributed by atoms with Crippen LogP contribution in [0.2, 0.25) is 0 Å². The number of nitro groups is 1. The van der Waals surface area contributed by atoms with Crippen molar-refractivity contribution in [3.8, 4) is 5.75 Å². The molecule has 2 aromatic carbocycles. The lowest BCUT2D eigenvalue weighted by Gasteiger charge is -2.12. The summed E-state index contributed by atoms with van der Waals surface area (Å²) in [6.45, 7) is 1.86. The first kappa shape index (κ1) is 16.6. The van der Waals surface area contributed by atoms with E-state index in [1.165, 1.54) is 24.3 Å². The first-order valence-corrected chi connectivity index (χ1v) is 6.59. The number of hydrogen-bond acceptors (Lipinski definition) is 4. The van der Waals surface area contributed by atoms with Crippen molar-refractivity contribution < 1.29 is 22.8 Å². The fourth-order valence-electron chi connectivity index (χ4n) is 2.06. The van der Waals surface area contributed by atoms with Crippen LogP contribution in [0.3, 0.4) is 0 Å². The molecule has 0 saturated carbocycles. The number of anilines is 1. The molecule has 0 bridgehead atoms. The minimum absolute atomic E-state index is 0.00143. The summed E-state index contributed by atoms with van der Waals surface area (Å²) in [6, 6.07) is 10.1. The van der Waals surface area contributed by atoms with Gasteiger partial charge < -0.3 is 10.1 Å². The summed E-state index contributed by atoms with van der Waals surface area (Å²) in [6.07, 6.45) is -4.75. The van der Waals surface area contributed by atoms with E-state index < -0.39 is 11.3 Å². The highest BCUT2D eigenvalue weighted by Gasteiger charge is 2.31. The van der Waals surface area contributed by atoms with E-state index in [0.717, 1.165) is 0 Å². The predicted octanol–water partition coefficient (Wildman–Crippen LogP) is 4.41. The summed E-state index contributed by atoms with van der Waals surface area (Å²) in [5.41, 5.74) is 1.60. The lowest BCUT2D eigenvalue weighted by atomic mass is 10.1. The summed E-state index contributed by atoms with van der Waals surface area (Å²) < 4.78 is 40.4. The highest BCUT2D eigenvalue weighted by molar-refractivity contribution is 5.50. The fourth-order valence-corrected chi connectivity index (χ4v) is 2.06. The van der Waals surface area contributed by atoms with Crippen molar-refractivity contribution in [1.82, 2.24) is 0 Å². The van der Waals surface area contributed by atoms with Crippen molar-refractivity contribution in [3.05, 3.63) is 63.7 Å². The van der Waals surface area contributed by atoms with Gasteiger partial charge in [0.15, 0.2) is 0 Å². The van der Waals surface area contributed by atoms with E-state index >= 15 is 0 Å². The molecule has 0 radical (unpaired) electrons. The summed E-state index contributed by atoms with van der Waals surface area (Å²) in [7, 11) is 0. The number of hydrogen-bond donors (Lipinski definition) is 1. The molecule has 0 atom stereocenters. The molecule has 0 saturated heterocycles. The molecule has 0 fully saturated rings. The Morgan fingerprint density at radius 2 is 1.91 bits per heavy atom. The smallest absolute Gasteiger partial charge is 0.406 e. The van der Waals surface area contributed by atoms with Gasteiger partial charge in [-0.05, 0) is 24.6 Å². The zero-order valence-electron chi connectivity index (χ0n) is 12.1. The lowest BCUT2D eigenvalue weighted by Crippen LogP contribution is -2.17. The van der Waals surface area contributed by atoms with Crippen LogP contribution in [0.4, 0.5) is 24.5 Å². The SMILES string of the molecule is Cc1c(CNc2cccc(OC(F)(F)F)c2)cccc1[N+](=O)[O-]. The Hall–Kier alpha value is -2.77. The van der Waals surface area contributed by atoms with Gasteiger partial charge in [0, 0.05) is 29.9 Å². The Kier molecular flexibility index (Phi) is 4.73. The minimum Gasteiger partial charge on any atom is -0.406 e. The highest BCUT2D eigenvalue weighted by Crippen LogP contribution is 2.26. The first-order chi connectivity index (χ1) is 10.8. The summed E-state index contributed by atoms with van der Waals surface area (Å²) in [5.74, 6) is -0.335. The van der Waals surface area contributed by atoms with Gasteiger partial charge in [0.1, 0.15) is 5.75 Å². The third-order valence-corrected chi connectivity index (χ3v) is 3.16. The van der Waals surface area contributed by atoms with Crippen molar-refractivity contribution >= 4 is 11.4 Å². The molecule has 0 spiro atoms. The zero-order chi connectivity index (χ0) is 17.0. The van der Waals surface area contributed by atoms with Crippen LogP contribution in [0.25, 0.3) is 0 Å². The van der Waals surface area contributed by atoms with Crippen molar-refractivity contribution in [2.75, 3.05) is 5.32 Å². The van der Waals surface area contributed by atoms with Crippen molar-refractivity contribution in [1.29, 1.82) is 0 Å². The molecule has 2 rings (SSSR count). The van der Waals surface area contributed by atoms with Crippen LogP contribution in [0.15, 0.2) is 42.5 Å². The number of nitro benzene ring substituents is 1. The van der Waals surface area contributed by atoms with E-state index in [2.05, 4.69) is 10.1 Å². The van der Waals surface area contributed by atoms with E-state index in [0.29, 0.717) is 16.8 Å². The van der Waals surface area contributed by atoms with E-state index in [1.54, 1.807) is 25.1 Å². The number of nitrogens with one attached hydrogen (secondary N) is 1. The molecule has 0 aromatic heterocycles. The van der Waals surface area contributed by atoms with Crippen LogP contribution in [0, 0.1) is 17.0 Å². The maximum absolute atomic E-state index is 12.2. The molecule has 122 valence electrons. The van der Waals surface area contributed by atoms with E-state index in [4.69, 9.17) is 0 Å². The number of benzene rings is 2. The second-order valence-corrected chi connectivity index (χ2v) is 4.75. The van der Waals surface area contributed by atoms with Crippen LogP contribution in [-0.2, 0) is 6.54 Å². The van der Waals surface area contributed by atoms with Gasteiger partial charge in [0.25, 0.3) is 5.69 Å². The Labute approximate surface area is 129 Å². The third-order valence-electron chi connectivity index (χ3n) is 3.16. The second kappa shape index (κ2) is 6.55. The van der Waals surface area contributed by atoms with Gasteiger partial charge in [-0.15, -0.1) is 13.2 Å². The molecule has 0 aliphatic rings. The number of rotatable bonds is 5. The molecule has 0 aliphatic carbocycles. The van der Waals surface area contributed by atoms with E-state index in [-0.39, 0.29) is 18.0 Å². The molecule has 0 amide bonds. The van der Waals surface area contributed by atoms with Gasteiger partial charge in [-0.3, -0.25) is 10.1 Å². The van der Waals surface area contributed by atoms with Gasteiger partial charge in [-0.2, -0.15) is 0 Å². The molecule has 5 nitrogen and oxygen atoms in total. The summed E-state index contributed by atoms with van der Waals surface area (Å²) in [5, 5.41) is 13.8. The molecule has 2 aromatic rings. The maximum Gasteiger partial charge on any atom is 0.573 e. The van der Waals surface area contributed by atoms with Gasteiger partial charge in [0.05, 0.1) is 4.92 Å². The van der Waals surface area contributed by atoms with Gasteiger partial charge >= 0.3 is 6.36 Å². The Morgan fingerprint density at radius 1 is 1.22 bits per heavy atom. The minimum atomic E-state index is -4.75. The fraction of sp³-hybridized carbons (Fsp3) is 0.200. The van der Waals surface area contributed by atoms with Crippen LogP contribution < -0.4 is 10.1 Å². The van der Waals surface area contributed by atoms with Gasteiger partial charge in [0.2, 0.25) is 0 Å². The monoisotopic (exact) mass is 326 g/mol. The van der Waals surface area contributed by atoms with Crippen molar-refractivity contribution in [2.45, 2.75) is 19.8 Å². The average molecular weight is 326 g/mol. The number of alkyl halides is 3. The molecule has 0 aliphatic heterocycles. The molecule has 8 heteroatoms. The van der Waals surface area contributed by atoms with Gasteiger partial charge in [-0.25, -0.2) is 0 Å². The zero-order valence-corrected chi connectivity index (χ0v) is 12.1. The number of halogens is 3. The van der Waals surface area contributed by atoms with Gasteiger partial charge in [-0.1, -0.05) is 18.2 Å². The molecule has 23 heavy (non-hydrogen) atoms. The molecule has 0 heterocycles. The third kappa shape index (κ3) is 4.60. The molecular formula is C15H13F3N2O3. The normalized spacial score (nSPS) is 11.1. The second-order valence-electron chi connectivity index (χ2n) is 4.75. The Bertz CT molecular complexity index is 717. The van der Waals surface area contributed by atoms with E-state index in [1.807, 2.05) is 0 Å². The standard InChI is InChI=1S/C15H13F3N2O3/c1-10-11(4-2-7-14(10)20(21)22)9-19-12-5-3-6-13(8-12)23-15(16,17)18/h2-8,19H,9H2,1H3. The van der Waals surface area contributed by atoms with Crippen LogP contribution >= 0.6 is 0 Å². The molecule has 1 N–H and O–H groups in total. The van der Waals surface area contributed by atoms with Crippen LogP contribution in [0.5, 0.6) is 5.75 Å². The highest BCUT2D eigenvalue weighted by atomic mass is 19.4. The first-order valence-electron chi connectivity index (χ1n) is 6.59. The van der Waals surface area contributed by atoms with E-state index in [9.17, 15) is 23.3 Å². The number of nitrogens with zero attached hydrogens (tertiary/aromatic N) is 1. The lowest BCUT2D eigenvalue weighted by molar-refractivity contribution is -0.385. The topological polar surface area (TPSA) is 64.4 Å². The summed E-state index contributed by atoms with van der Waals surface area (Å²) >= 11 is 0. The Balaban J connectivity index is 2.11. The quantitative estimate of drug-likeness (QED) is 0.653. The maximum atomic E-state index is 12.2. The van der Waals surface area contributed by atoms with Crippen LogP contribution in [0.1, 0.15) is 11.1 Å². The Morgan fingerprint density at radius 3 is 2.57 bits per heavy atom.